The molecule has 4 fully saturated rings. The number of aliphatic hydroxyl groups is 1. The fourth-order valence-corrected chi connectivity index (χ4v) is 13.0. The summed E-state index contributed by atoms with van der Waals surface area (Å²) in [5.41, 5.74) is 3.58. The van der Waals surface area contributed by atoms with Crippen molar-refractivity contribution in [3.05, 3.63) is 124 Å². The predicted octanol–water partition coefficient (Wildman–Crippen LogP) is 9.16. The molecule has 2 saturated heterocycles. The smallest absolute Gasteiger partial charge is 0.312 e. The van der Waals surface area contributed by atoms with Gasteiger partial charge in [0.15, 0.2) is 5.75 Å². The van der Waals surface area contributed by atoms with Crippen LogP contribution in [0, 0.1) is 27.3 Å². The Morgan fingerprint density at radius 1 is 0.974 bits per heavy atom. The second-order valence-electron chi connectivity index (χ2n) is 22.2. The van der Waals surface area contributed by atoms with E-state index in [1.807, 2.05) is 12.3 Å². The van der Waals surface area contributed by atoms with Crippen LogP contribution in [0.5, 0.6) is 23.3 Å². The lowest BCUT2D eigenvalue weighted by molar-refractivity contribution is -0.384. The summed E-state index contributed by atoms with van der Waals surface area (Å²) in [6.45, 7) is 12.0. The number of halogens is 1. The van der Waals surface area contributed by atoms with Crippen molar-refractivity contribution in [2.45, 2.75) is 107 Å². The summed E-state index contributed by atoms with van der Waals surface area (Å²) in [6, 6.07) is 20.8. The highest BCUT2D eigenvalue weighted by Crippen LogP contribution is 2.53. The van der Waals surface area contributed by atoms with Crippen molar-refractivity contribution in [3.63, 3.8) is 0 Å². The lowest BCUT2D eigenvalue weighted by atomic mass is 9.59. The Morgan fingerprint density at radius 3 is 2.47 bits per heavy atom. The Labute approximate surface area is 454 Å². The number of nitrogens with one attached hydrogen (secondary N) is 3. The fraction of sp³-hybridized carbons (Fsp3) is 0.474. The molecule has 414 valence electrons. The number of aromatic amines is 1. The van der Waals surface area contributed by atoms with Crippen LogP contribution in [-0.2, 0) is 16.4 Å². The van der Waals surface area contributed by atoms with E-state index in [1.54, 1.807) is 26.2 Å². The third-order valence-corrected chi connectivity index (χ3v) is 18.0. The molecule has 2 aromatic carbocycles. The summed E-state index contributed by atoms with van der Waals surface area (Å²) in [4.78, 5) is 48.3. The molecule has 4 aromatic heterocycles. The number of nitro groups is 1. The van der Waals surface area contributed by atoms with Crippen LogP contribution in [0.4, 0.5) is 21.6 Å². The number of sulfonamides is 1. The molecule has 6 aromatic rings. The highest BCUT2D eigenvalue weighted by Gasteiger charge is 2.50. The zero-order chi connectivity index (χ0) is 54.9. The van der Waals surface area contributed by atoms with Gasteiger partial charge >= 0.3 is 5.69 Å². The number of nitrogens with zero attached hydrogens (tertiary/aromatic N) is 7. The zero-order valence-electron chi connectivity index (χ0n) is 44.8. The standard InChI is InChI=1S/C57H69FN10O9S/c1-36(2)42-8-6-7-9-43(42)48-35-65(21-15-37-14-20-59-51(26-37)75-4)24-25-67(48)40-30-57(31-40)18-22-66(23-19-57)39-10-11-44(49(27-39)77-50-29-45-46(58)34-62-52(45)63-55(50)76-5)54(69)64-78(73,74)41-28-47(68(71)72)53(61-33-41)60-32-38-12-16-56(3,70)17-13-38/h6-11,14,20,26-29,33-34,36,38,40,48,70H,12-13,15-19,21-25,30-32,35H2,1-5H3,(H,60,61)(H,62,63)(H,64,69)/t38?,48-,56?/m0/s1. The number of piperazine rings is 1. The maximum atomic E-state index is 14.9. The summed E-state index contributed by atoms with van der Waals surface area (Å²) >= 11 is 0. The third-order valence-electron chi connectivity index (χ3n) is 16.7. The predicted molar refractivity (Wildman–Crippen MR) is 294 cm³/mol. The van der Waals surface area contributed by atoms with E-state index in [4.69, 9.17) is 14.2 Å². The summed E-state index contributed by atoms with van der Waals surface area (Å²) in [7, 11) is -1.73. The SMILES string of the molecule is COc1cc(CCN2CCN(C3CC4(CCN(c5ccc(C(=O)NS(=O)(=O)c6cnc(NCC7CCC(C)(O)CC7)c([N+](=O)[O-])c6)c(Oc6cc7c(F)c[nH]c7nc6OC)c5)CC4)C3)[C@H](c3ccccc3C(C)C)C2)ccn1. The van der Waals surface area contributed by atoms with Gasteiger partial charge < -0.3 is 34.5 Å². The van der Waals surface area contributed by atoms with E-state index in [9.17, 15) is 32.8 Å². The van der Waals surface area contributed by atoms with Gasteiger partial charge in [0, 0.05) is 100 Å². The number of rotatable bonds is 18. The first kappa shape index (κ1) is 54.4. The van der Waals surface area contributed by atoms with Gasteiger partial charge in [-0.1, -0.05) is 38.1 Å². The number of piperidine rings is 1. The molecule has 0 bridgehead atoms. The molecule has 4 N–H and O–H groups in total. The fourth-order valence-electron chi connectivity index (χ4n) is 12.1. The Hall–Kier alpha value is -6.94. The van der Waals surface area contributed by atoms with Gasteiger partial charge in [-0.3, -0.25) is 24.7 Å². The van der Waals surface area contributed by atoms with Crippen molar-refractivity contribution in [3.8, 4) is 23.3 Å². The van der Waals surface area contributed by atoms with Crippen molar-refractivity contribution in [2.24, 2.45) is 11.3 Å². The van der Waals surface area contributed by atoms with Crippen molar-refractivity contribution in [2.75, 3.05) is 70.2 Å². The molecule has 6 heterocycles. The molecule has 2 aliphatic heterocycles. The van der Waals surface area contributed by atoms with Crippen LogP contribution in [0.15, 0.2) is 90.2 Å². The van der Waals surface area contributed by atoms with E-state index in [0.29, 0.717) is 50.1 Å². The second kappa shape index (κ2) is 22.4. The molecular formula is C57H69FN10O9S. The second-order valence-corrected chi connectivity index (χ2v) is 23.9. The van der Waals surface area contributed by atoms with Gasteiger partial charge in [0.25, 0.3) is 21.8 Å². The largest absolute Gasteiger partial charge is 0.481 e. The Bertz CT molecular complexity index is 3280. The van der Waals surface area contributed by atoms with E-state index in [1.165, 1.54) is 35.9 Å². The van der Waals surface area contributed by atoms with E-state index in [0.717, 1.165) is 95.5 Å². The van der Waals surface area contributed by atoms with Crippen LogP contribution >= 0.6 is 0 Å². The number of fused-ring (bicyclic) bond motifs is 1. The minimum absolute atomic E-state index is 0.0158. The van der Waals surface area contributed by atoms with Crippen molar-refractivity contribution >= 4 is 44.2 Å². The van der Waals surface area contributed by atoms with Crippen LogP contribution in [0.1, 0.15) is 111 Å². The van der Waals surface area contributed by atoms with Crippen molar-refractivity contribution in [1.29, 1.82) is 0 Å². The summed E-state index contributed by atoms with van der Waals surface area (Å²) in [5, 5.41) is 25.7. The average molecular weight is 1090 g/mol. The molecule has 1 spiro atoms. The molecule has 0 radical (unpaired) electrons. The first-order valence-corrected chi connectivity index (χ1v) is 28.4. The number of ether oxygens (including phenoxy) is 3. The molecule has 1 amide bonds. The zero-order valence-corrected chi connectivity index (χ0v) is 45.7. The molecule has 4 aliphatic rings. The quantitative estimate of drug-likeness (QED) is 0.0464. The summed E-state index contributed by atoms with van der Waals surface area (Å²) < 4.78 is 62.1. The molecule has 1 atom stereocenters. The maximum absolute atomic E-state index is 14.9. The van der Waals surface area contributed by atoms with Gasteiger partial charge in [0.05, 0.1) is 41.9 Å². The minimum Gasteiger partial charge on any atom is -0.481 e. The van der Waals surface area contributed by atoms with Gasteiger partial charge in [0.1, 0.15) is 22.1 Å². The Morgan fingerprint density at radius 2 is 1.74 bits per heavy atom. The van der Waals surface area contributed by atoms with Crippen LogP contribution in [-0.4, -0.2) is 126 Å². The number of hydrogen-bond donors (Lipinski definition) is 4. The van der Waals surface area contributed by atoms with Crippen LogP contribution < -0.4 is 29.1 Å². The normalized spacial score (nSPS) is 21.1. The molecular weight excluding hydrogens is 1020 g/mol. The number of anilines is 2. The number of pyridine rings is 3. The van der Waals surface area contributed by atoms with Crippen LogP contribution in [0.2, 0.25) is 0 Å². The molecule has 0 unspecified atom stereocenters. The van der Waals surface area contributed by atoms with Crippen molar-refractivity contribution in [1.82, 2.24) is 34.5 Å². The highest BCUT2D eigenvalue weighted by atomic mass is 32.2. The van der Waals surface area contributed by atoms with Crippen molar-refractivity contribution < 1.29 is 41.8 Å². The summed E-state index contributed by atoms with van der Waals surface area (Å²) in [5.74, 6) is -0.742. The molecule has 21 heteroatoms. The van der Waals surface area contributed by atoms with E-state index >= 15 is 0 Å². The Balaban J connectivity index is 0.849. The number of carbonyl (C=O) groups excluding carboxylic acids is 1. The maximum Gasteiger partial charge on any atom is 0.312 e. The first-order chi connectivity index (χ1) is 37.4. The number of H-pyrrole nitrogens is 1. The molecule has 78 heavy (non-hydrogen) atoms. The average Bonchev–Trinajstić information content (AvgIpc) is 3.96. The molecule has 10 rings (SSSR count). The molecule has 2 saturated carbocycles. The van der Waals surface area contributed by atoms with Gasteiger partial charge in [-0.15, -0.1) is 0 Å². The number of aromatic nitrogens is 4. The monoisotopic (exact) mass is 1090 g/mol. The van der Waals surface area contributed by atoms with Gasteiger partial charge in [-0.2, -0.15) is 4.98 Å². The van der Waals surface area contributed by atoms with E-state index in [-0.39, 0.29) is 57.2 Å². The molecule has 19 nitrogen and oxygen atoms in total. The Kier molecular flexibility index (Phi) is 15.6. The van der Waals surface area contributed by atoms with E-state index < -0.39 is 42.9 Å². The first-order valence-electron chi connectivity index (χ1n) is 26.9. The number of benzene rings is 2. The van der Waals surface area contributed by atoms with Gasteiger partial charge in [-0.05, 0) is 117 Å². The van der Waals surface area contributed by atoms with Crippen LogP contribution in [0.3, 0.4) is 0 Å². The van der Waals surface area contributed by atoms with Gasteiger partial charge in [-0.25, -0.2) is 27.5 Å². The molecule has 2 aliphatic carbocycles. The lowest BCUT2D eigenvalue weighted by Crippen LogP contribution is -2.60. The minimum atomic E-state index is -4.75. The third kappa shape index (κ3) is 11.7. The number of hydrogen-bond acceptors (Lipinski definition) is 16. The number of amides is 1. The highest BCUT2D eigenvalue weighted by molar-refractivity contribution is 7.90. The number of carbonyl (C=O) groups is 1. The summed E-state index contributed by atoms with van der Waals surface area (Å²) in [6.07, 6.45) is 11.5. The topological polar surface area (TPSA) is 231 Å². The number of methoxy groups -OCH3 is 2. The lowest BCUT2D eigenvalue weighted by Gasteiger charge is -2.58. The van der Waals surface area contributed by atoms with E-state index in [2.05, 4.69) is 88.9 Å². The van der Waals surface area contributed by atoms with Crippen LogP contribution in [0.25, 0.3) is 11.0 Å². The van der Waals surface area contributed by atoms with Gasteiger partial charge in [0.2, 0.25) is 11.7 Å².